The van der Waals surface area contributed by atoms with Crippen molar-refractivity contribution >= 4 is 12.1 Å². The van der Waals surface area contributed by atoms with E-state index in [0.717, 1.165) is 0 Å². The van der Waals surface area contributed by atoms with Crippen molar-refractivity contribution in [2.24, 2.45) is 5.41 Å². The van der Waals surface area contributed by atoms with Crippen molar-refractivity contribution < 1.29 is 27.8 Å². The zero-order valence-electron chi connectivity index (χ0n) is 17.0. The highest BCUT2D eigenvalue weighted by Crippen LogP contribution is 2.50. The number of halogens is 2. The smallest absolute Gasteiger partial charge is 0.410 e. The molecule has 0 N–H and O–H groups in total. The summed E-state index contributed by atoms with van der Waals surface area (Å²) >= 11 is 0. The lowest BCUT2D eigenvalue weighted by Crippen LogP contribution is -2.58. The first-order valence-electron chi connectivity index (χ1n) is 9.79. The lowest BCUT2D eigenvalue weighted by atomic mass is 9.66. The minimum absolute atomic E-state index is 0.110. The molecule has 3 fully saturated rings. The zero-order chi connectivity index (χ0) is 20.9. The molecule has 1 saturated carbocycles. The van der Waals surface area contributed by atoms with Gasteiger partial charge in [-0.25, -0.2) is 13.6 Å². The van der Waals surface area contributed by atoms with Gasteiger partial charge in [0, 0.05) is 12.6 Å². The Labute approximate surface area is 164 Å². The van der Waals surface area contributed by atoms with Gasteiger partial charge < -0.3 is 9.47 Å². The van der Waals surface area contributed by atoms with Crippen LogP contribution in [0.3, 0.4) is 0 Å². The van der Waals surface area contributed by atoms with Gasteiger partial charge in [0.25, 0.3) is 5.92 Å². The van der Waals surface area contributed by atoms with Gasteiger partial charge in [0.2, 0.25) is 0 Å². The molecular weight excluding hydrogens is 370 g/mol. The number of hydrogen-bond acceptors (Lipinski definition) is 5. The van der Waals surface area contributed by atoms with Crippen LogP contribution in [-0.2, 0) is 14.3 Å². The maximum atomic E-state index is 14.8. The predicted octanol–water partition coefficient (Wildman–Crippen LogP) is 3.21. The Balaban J connectivity index is 1.67. The Morgan fingerprint density at radius 3 is 2.50 bits per heavy atom. The van der Waals surface area contributed by atoms with Gasteiger partial charge in [-0.2, -0.15) is 0 Å². The number of carbonyl (C=O) groups excluding carboxylic acids is 2. The van der Waals surface area contributed by atoms with Crippen LogP contribution >= 0.6 is 0 Å². The third-order valence-corrected chi connectivity index (χ3v) is 5.91. The number of nitrogens with zero attached hydrogens (tertiary/aromatic N) is 2. The molecule has 1 amide bonds. The van der Waals surface area contributed by atoms with Gasteiger partial charge in [-0.1, -0.05) is 12.7 Å². The summed E-state index contributed by atoms with van der Waals surface area (Å²) in [5.41, 5.74) is -1.38. The van der Waals surface area contributed by atoms with Crippen molar-refractivity contribution in [2.45, 2.75) is 76.6 Å². The number of esters is 1. The molecule has 3 rings (SSSR count). The molecule has 28 heavy (non-hydrogen) atoms. The van der Waals surface area contributed by atoms with Crippen molar-refractivity contribution in [3.05, 3.63) is 12.7 Å². The summed E-state index contributed by atoms with van der Waals surface area (Å²) in [5.74, 6) is -3.32. The summed E-state index contributed by atoms with van der Waals surface area (Å²) < 4.78 is 40.1. The van der Waals surface area contributed by atoms with Crippen LogP contribution in [0.2, 0.25) is 0 Å². The van der Waals surface area contributed by atoms with E-state index in [2.05, 4.69) is 6.58 Å². The fourth-order valence-electron chi connectivity index (χ4n) is 4.71. The third-order valence-electron chi connectivity index (χ3n) is 5.91. The number of carbonyl (C=O) groups is 2. The quantitative estimate of drug-likeness (QED) is 0.536. The predicted molar refractivity (Wildman–Crippen MR) is 99.1 cm³/mol. The summed E-state index contributed by atoms with van der Waals surface area (Å²) in [5, 5.41) is 0. The van der Waals surface area contributed by atoms with E-state index in [0.29, 0.717) is 25.8 Å². The Morgan fingerprint density at radius 2 is 1.93 bits per heavy atom. The number of alkyl halides is 2. The van der Waals surface area contributed by atoms with E-state index >= 15 is 0 Å². The van der Waals surface area contributed by atoms with Gasteiger partial charge in [0.05, 0.1) is 24.0 Å². The lowest BCUT2D eigenvalue weighted by Gasteiger charge is -2.49. The number of likely N-dealkylation sites (tertiary alicyclic amines) is 2. The average Bonchev–Trinajstić information content (AvgIpc) is 3.08. The van der Waals surface area contributed by atoms with Crippen LogP contribution in [0.1, 0.15) is 47.0 Å². The summed E-state index contributed by atoms with van der Waals surface area (Å²) in [4.78, 5) is 27.6. The second-order valence-corrected chi connectivity index (χ2v) is 9.42. The molecule has 6 nitrogen and oxygen atoms in total. The molecule has 0 aromatic heterocycles. The normalized spacial score (nSPS) is 34.5. The molecule has 0 unspecified atom stereocenters. The first kappa shape index (κ1) is 21.0. The molecule has 8 heteroatoms. The van der Waals surface area contributed by atoms with E-state index in [1.807, 2.05) is 6.92 Å². The molecule has 2 aliphatic heterocycles. The van der Waals surface area contributed by atoms with Gasteiger partial charge >= 0.3 is 12.1 Å². The van der Waals surface area contributed by atoms with Gasteiger partial charge in [-0.05, 0) is 47.0 Å². The van der Waals surface area contributed by atoms with E-state index in [1.54, 1.807) is 25.7 Å². The van der Waals surface area contributed by atoms with Gasteiger partial charge in [0.15, 0.2) is 0 Å². The highest BCUT2D eigenvalue weighted by molar-refractivity contribution is 5.78. The highest BCUT2D eigenvalue weighted by atomic mass is 19.3. The van der Waals surface area contributed by atoms with Crippen LogP contribution < -0.4 is 0 Å². The van der Waals surface area contributed by atoms with Crippen molar-refractivity contribution in [1.82, 2.24) is 9.80 Å². The largest absolute Gasteiger partial charge is 0.461 e. The van der Waals surface area contributed by atoms with Crippen LogP contribution in [0.15, 0.2) is 12.7 Å². The SMILES string of the molecule is C=CCOC(=O)C1(C)CC(N2CC[C@H]3[C@@H]2C(F)(F)CN3C(=O)OC(C)(C)C)C1. The summed E-state index contributed by atoms with van der Waals surface area (Å²) in [6.07, 6.45) is 2.26. The molecule has 3 aliphatic rings. The fraction of sp³-hybridized carbons (Fsp3) is 0.800. The van der Waals surface area contributed by atoms with Crippen molar-refractivity contribution in [1.29, 1.82) is 0 Å². The Hall–Kier alpha value is -1.70. The summed E-state index contributed by atoms with van der Waals surface area (Å²) in [6, 6.07) is -1.70. The zero-order valence-corrected chi connectivity index (χ0v) is 17.0. The molecular formula is C20H30F2N2O4. The molecule has 1 aliphatic carbocycles. The number of hydrogen-bond donors (Lipinski definition) is 0. The van der Waals surface area contributed by atoms with Crippen LogP contribution in [0.5, 0.6) is 0 Å². The Bertz CT molecular complexity index is 655. The van der Waals surface area contributed by atoms with Crippen LogP contribution in [0.25, 0.3) is 0 Å². The third kappa shape index (κ3) is 3.75. The second kappa shape index (κ2) is 6.97. The minimum Gasteiger partial charge on any atom is -0.461 e. The average molecular weight is 400 g/mol. The van der Waals surface area contributed by atoms with E-state index in [-0.39, 0.29) is 18.6 Å². The first-order chi connectivity index (χ1) is 12.9. The van der Waals surface area contributed by atoms with Crippen molar-refractivity contribution in [3.8, 4) is 0 Å². The number of rotatable bonds is 4. The van der Waals surface area contributed by atoms with Crippen LogP contribution in [0.4, 0.5) is 13.6 Å². The standard InChI is InChI=1S/C20H30F2N2O4/c1-6-9-27-16(25)19(5)10-13(11-19)23-8-7-14-15(23)20(21,22)12-24(14)17(26)28-18(2,3)4/h6,13-15H,1,7-12H2,2-5H3/t13?,14-,15+,19?/m0/s1. The molecule has 2 heterocycles. The lowest BCUT2D eigenvalue weighted by molar-refractivity contribution is -0.165. The number of amides is 1. The summed E-state index contributed by atoms with van der Waals surface area (Å²) in [6.45, 7) is 10.5. The van der Waals surface area contributed by atoms with Gasteiger partial charge in [0.1, 0.15) is 12.2 Å². The summed E-state index contributed by atoms with van der Waals surface area (Å²) in [7, 11) is 0. The first-order valence-corrected chi connectivity index (χ1v) is 9.79. The highest BCUT2D eigenvalue weighted by Gasteiger charge is 2.64. The maximum Gasteiger partial charge on any atom is 0.410 e. The van der Waals surface area contributed by atoms with Crippen molar-refractivity contribution in [3.63, 3.8) is 0 Å². The number of fused-ring (bicyclic) bond motifs is 1. The van der Waals surface area contributed by atoms with Crippen molar-refractivity contribution in [2.75, 3.05) is 19.7 Å². The molecule has 0 radical (unpaired) electrons. The van der Waals surface area contributed by atoms with E-state index in [1.165, 1.54) is 11.0 Å². The van der Waals surface area contributed by atoms with Crippen LogP contribution in [-0.4, -0.2) is 71.2 Å². The monoisotopic (exact) mass is 400 g/mol. The minimum atomic E-state index is -3.01. The molecule has 158 valence electrons. The Morgan fingerprint density at radius 1 is 1.29 bits per heavy atom. The number of ether oxygens (including phenoxy) is 2. The molecule has 0 bridgehead atoms. The molecule has 0 aromatic carbocycles. The molecule has 0 aromatic rings. The van der Waals surface area contributed by atoms with Crippen LogP contribution in [0, 0.1) is 5.41 Å². The molecule has 2 saturated heterocycles. The molecule has 2 atom stereocenters. The Kier molecular flexibility index (Phi) is 5.23. The second-order valence-electron chi connectivity index (χ2n) is 9.42. The molecule has 0 spiro atoms. The maximum absolute atomic E-state index is 14.8. The van der Waals surface area contributed by atoms with E-state index in [4.69, 9.17) is 9.47 Å². The van der Waals surface area contributed by atoms with Gasteiger partial charge in [-0.15, -0.1) is 0 Å². The van der Waals surface area contributed by atoms with Gasteiger partial charge in [-0.3, -0.25) is 14.6 Å². The topological polar surface area (TPSA) is 59.1 Å². The van der Waals surface area contributed by atoms with E-state index in [9.17, 15) is 18.4 Å². The fourth-order valence-corrected chi connectivity index (χ4v) is 4.71. The van der Waals surface area contributed by atoms with E-state index < -0.39 is 41.7 Å².